The zero-order chi connectivity index (χ0) is 14.3. The van der Waals surface area contributed by atoms with E-state index >= 15 is 0 Å². The first-order chi connectivity index (χ1) is 8.72. The maximum atomic E-state index is 12.7. The van der Waals surface area contributed by atoms with Crippen LogP contribution in [0, 0.1) is 6.92 Å². The molecule has 19 heavy (non-hydrogen) atoms. The summed E-state index contributed by atoms with van der Waals surface area (Å²) in [5.41, 5.74) is -1.21. The van der Waals surface area contributed by atoms with Gasteiger partial charge in [-0.2, -0.15) is 13.2 Å². The zero-order valence-corrected chi connectivity index (χ0v) is 10.9. The molecule has 0 atom stereocenters. The number of alkyl halides is 3. The number of rotatable bonds is 3. The Morgan fingerprint density at radius 1 is 1.32 bits per heavy atom. The van der Waals surface area contributed by atoms with Gasteiger partial charge in [0.05, 0.1) is 10.5 Å². The summed E-state index contributed by atoms with van der Waals surface area (Å²) in [7, 11) is -3.92. The second-order valence-electron chi connectivity index (χ2n) is 4.40. The van der Waals surface area contributed by atoms with Crippen LogP contribution in [0.4, 0.5) is 13.2 Å². The summed E-state index contributed by atoms with van der Waals surface area (Å²) < 4.78 is 64.6. The van der Waals surface area contributed by atoms with Crippen LogP contribution in [0.5, 0.6) is 0 Å². The van der Waals surface area contributed by atoms with Crippen LogP contribution in [0.15, 0.2) is 23.1 Å². The molecule has 1 saturated heterocycles. The summed E-state index contributed by atoms with van der Waals surface area (Å²) in [6.45, 7) is 2.13. The van der Waals surface area contributed by atoms with Crippen LogP contribution in [0.1, 0.15) is 11.1 Å². The minimum absolute atomic E-state index is 0.265. The minimum Gasteiger partial charge on any atom is -0.313 e. The van der Waals surface area contributed by atoms with Crippen LogP contribution in [0.2, 0.25) is 0 Å². The van der Waals surface area contributed by atoms with E-state index in [0.717, 1.165) is 19.1 Å². The van der Waals surface area contributed by atoms with Crippen molar-refractivity contribution in [1.82, 2.24) is 10.0 Å². The highest BCUT2D eigenvalue weighted by molar-refractivity contribution is 7.89. The van der Waals surface area contributed by atoms with Gasteiger partial charge in [-0.15, -0.1) is 0 Å². The normalized spacial score (nSPS) is 17.3. The van der Waals surface area contributed by atoms with Gasteiger partial charge >= 0.3 is 6.18 Å². The van der Waals surface area contributed by atoms with Crippen molar-refractivity contribution in [3.63, 3.8) is 0 Å². The maximum Gasteiger partial charge on any atom is 0.416 e. The molecule has 2 N–H and O–H groups in total. The molecule has 1 heterocycles. The van der Waals surface area contributed by atoms with Gasteiger partial charge in [0.25, 0.3) is 0 Å². The van der Waals surface area contributed by atoms with Crippen LogP contribution in [0.3, 0.4) is 0 Å². The Hall–Kier alpha value is -1.12. The minimum atomic E-state index is -4.56. The van der Waals surface area contributed by atoms with Crippen LogP contribution in [-0.2, 0) is 16.2 Å². The number of halogens is 3. The monoisotopic (exact) mass is 294 g/mol. The van der Waals surface area contributed by atoms with Gasteiger partial charge in [0.1, 0.15) is 0 Å². The largest absolute Gasteiger partial charge is 0.416 e. The van der Waals surface area contributed by atoms with Crippen molar-refractivity contribution in [2.45, 2.75) is 24.0 Å². The smallest absolute Gasteiger partial charge is 0.313 e. The first-order valence-electron chi connectivity index (χ1n) is 5.61. The third-order valence-electron chi connectivity index (χ3n) is 2.98. The molecule has 2 rings (SSSR count). The average molecular weight is 294 g/mol. The van der Waals surface area contributed by atoms with Crippen molar-refractivity contribution in [3.8, 4) is 0 Å². The first kappa shape index (κ1) is 14.3. The molecule has 0 spiro atoms. The lowest BCUT2D eigenvalue weighted by Gasteiger charge is -2.28. The fraction of sp³-hybridized carbons (Fsp3) is 0.455. The SMILES string of the molecule is Cc1c(C(F)(F)F)cccc1S(=O)(=O)NC1CNC1. The van der Waals surface area contributed by atoms with E-state index in [1.807, 2.05) is 0 Å². The lowest BCUT2D eigenvalue weighted by Crippen LogP contribution is -2.56. The highest BCUT2D eigenvalue weighted by Gasteiger charge is 2.35. The number of benzene rings is 1. The van der Waals surface area contributed by atoms with Crippen molar-refractivity contribution < 1.29 is 21.6 Å². The Kier molecular flexibility index (Phi) is 3.59. The number of hydrogen-bond donors (Lipinski definition) is 2. The molecule has 1 aliphatic heterocycles. The van der Waals surface area contributed by atoms with Gasteiger partial charge < -0.3 is 5.32 Å². The van der Waals surface area contributed by atoms with E-state index in [1.54, 1.807) is 0 Å². The molecule has 0 bridgehead atoms. The summed E-state index contributed by atoms with van der Waals surface area (Å²) in [5.74, 6) is 0. The Labute approximate surface area is 109 Å². The van der Waals surface area contributed by atoms with Gasteiger partial charge in [0.15, 0.2) is 0 Å². The molecule has 106 valence electrons. The van der Waals surface area contributed by atoms with E-state index in [0.29, 0.717) is 13.1 Å². The molecule has 0 radical (unpaired) electrons. The molecule has 0 unspecified atom stereocenters. The molecule has 4 nitrogen and oxygen atoms in total. The summed E-state index contributed by atoms with van der Waals surface area (Å²) in [5, 5.41) is 2.88. The van der Waals surface area contributed by atoms with Crippen molar-refractivity contribution in [2.75, 3.05) is 13.1 Å². The lowest BCUT2D eigenvalue weighted by atomic mass is 10.1. The summed E-state index contributed by atoms with van der Waals surface area (Å²) in [4.78, 5) is -0.325. The second-order valence-corrected chi connectivity index (χ2v) is 6.09. The first-order valence-corrected chi connectivity index (χ1v) is 7.10. The zero-order valence-electron chi connectivity index (χ0n) is 10.1. The van der Waals surface area contributed by atoms with Gasteiger partial charge in [-0.1, -0.05) is 6.07 Å². The van der Waals surface area contributed by atoms with Gasteiger partial charge in [-0.05, 0) is 24.6 Å². The van der Waals surface area contributed by atoms with Crippen molar-refractivity contribution in [1.29, 1.82) is 0 Å². The Balaban J connectivity index is 2.39. The van der Waals surface area contributed by atoms with Crippen molar-refractivity contribution >= 4 is 10.0 Å². The van der Waals surface area contributed by atoms with E-state index < -0.39 is 21.8 Å². The van der Waals surface area contributed by atoms with E-state index in [1.165, 1.54) is 6.07 Å². The van der Waals surface area contributed by atoms with Crippen molar-refractivity contribution in [3.05, 3.63) is 29.3 Å². The summed E-state index contributed by atoms with van der Waals surface area (Å²) in [6.07, 6.45) is -4.56. The Morgan fingerprint density at radius 3 is 2.42 bits per heavy atom. The highest BCUT2D eigenvalue weighted by Crippen LogP contribution is 2.34. The van der Waals surface area contributed by atoms with Crippen LogP contribution >= 0.6 is 0 Å². The highest BCUT2D eigenvalue weighted by atomic mass is 32.2. The van der Waals surface area contributed by atoms with E-state index in [9.17, 15) is 21.6 Å². The molecule has 1 aromatic carbocycles. The maximum absolute atomic E-state index is 12.7. The molecule has 8 heteroatoms. The molecular weight excluding hydrogens is 281 g/mol. The van der Waals surface area contributed by atoms with Gasteiger partial charge in [0.2, 0.25) is 10.0 Å². The molecular formula is C11H13F3N2O2S. The topological polar surface area (TPSA) is 58.2 Å². The van der Waals surface area contributed by atoms with Crippen LogP contribution in [-0.4, -0.2) is 27.5 Å². The van der Waals surface area contributed by atoms with E-state index in [-0.39, 0.29) is 16.5 Å². The molecule has 1 aliphatic rings. The molecule has 1 aromatic rings. The Bertz CT molecular complexity index is 580. The summed E-state index contributed by atoms with van der Waals surface area (Å²) >= 11 is 0. The number of nitrogens with one attached hydrogen (secondary N) is 2. The van der Waals surface area contributed by atoms with Crippen LogP contribution < -0.4 is 10.0 Å². The lowest BCUT2D eigenvalue weighted by molar-refractivity contribution is -0.138. The quantitative estimate of drug-likeness (QED) is 0.882. The van der Waals surface area contributed by atoms with Gasteiger partial charge in [0, 0.05) is 19.1 Å². The van der Waals surface area contributed by atoms with Gasteiger partial charge in [-0.25, -0.2) is 13.1 Å². The van der Waals surface area contributed by atoms with E-state index in [4.69, 9.17) is 0 Å². The summed E-state index contributed by atoms with van der Waals surface area (Å²) in [6, 6.07) is 2.89. The number of sulfonamides is 1. The molecule has 0 aromatic heterocycles. The fourth-order valence-electron chi connectivity index (χ4n) is 1.87. The van der Waals surface area contributed by atoms with Crippen molar-refractivity contribution in [2.24, 2.45) is 0 Å². The third-order valence-corrected chi connectivity index (χ3v) is 4.65. The standard InChI is InChI=1S/C11H13F3N2O2S/c1-7-9(11(12,13)14)3-2-4-10(7)19(17,18)16-8-5-15-6-8/h2-4,8,15-16H,5-6H2,1H3. The Morgan fingerprint density at radius 2 is 1.95 bits per heavy atom. The second kappa shape index (κ2) is 4.77. The number of hydrogen-bond acceptors (Lipinski definition) is 3. The molecule has 0 amide bonds. The van der Waals surface area contributed by atoms with Crippen LogP contribution in [0.25, 0.3) is 0 Å². The molecule has 0 saturated carbocycles. The predicted octanol–water partition coefficient (Wildman–Crippen LogP) is 1.26. The average Bonchev–Trinajstić information content (AvgIpc) is 2.22. The predicted molar refractivity (Wildman–Crippen MR) is 63.2 cm³/mol. The molecule has 0 aliphatic carbocycles. The van der Waals surface area contributed by atoms with Gasteiger partial charge in [-0.3, -0.25) is 0 Å². The third kappa shape index (κ3) is 2.90. The fourth-order valence-corrected chi connectivity index (χ4v) is 3.37. The molecule has 1 fully saturated rings. The van der Waals surface area contributed by atoms with E-state index in [2.05, 4.69) is 10.0 Å².